The van der Waals surface area contributed by atoms with Gasteiger partial charge in [-0.05, 0) is 36.8 Å². The Morgan fingerprint density at radius 1 is 1.24 bits per heavy atom. The standard InChI is InChI=1S/C21H21ClN4O2S/c1-3-12-26-19(13-28-16-8-5-4-6-9-16)24-25-21(26)29-14-20(27)23-18-11-7-10-17(22)15(18)2/h3-11H,1,12-14H2,2H3,(H,23,27). The maximum Gasteiger partial charge on any atom is 0.234 e. The van der Waals surface area contributed by atoms with Gasteiger partial charge in [-0.25, -0.2) is 0 Å². The molecular weight excluding hydrogens is 408 g/mol. The van der Waals surface area contributed by atoms with Crippen LogP contribution in [-0.4, -0.2) is 26.4 Å². The number of nitrogens with zero attached hydrogens (tertiary/aromatic N) is 3. The largest absolute Gasteiger partial charge is 0.486 e. The SMILES string of the molecule is C=CCn1c(COc2ccccc2)nnc1SCC(=O)Nc1cccc(Cl)c1C. The summed E-state index contributed by atoms with van der Waals surface area (Å²) in [6.07, 6.45) is 1.76. The number of allylic oxidation sites excluding steroid dienone is 1. The van der Waals surface area contributed by atoms with Gasteiger partial charge in [0.1, 0.15) is 12.4 Å². The molecule has 2 aromatic carbocycles. The molecule has 0 saturated heterocycles. The summed E-state index contributed by atoms with van der Waals surface area (Å²) in [4.78, 5) is 12.4. The van der Waals surface area contributed by atoms with E-state index in [2.05, 4.69) is 22.1 Å². The normalized spacial score (nSPS) is 10.6. The van der Waals surface area contributed by atoms with Crippen molar-refractivity contribution >= 4 is 35.0 Å². The predicted octanol–water partition coefficient (Wildman–Crippen LogP) is 4.74. The topological polar surface area (TPSA) is 69.0 Å². The molecule has 1 aromatic heterocycles. The molecule has 6 nitrogen and oxygen atoms in total. The number of para-hydroxylation sites is 1. The van der Waals surface area contributed by atoms with Crippen molar-refractivity contribution in [2.24, 2.45) is 0 Å². The maximum atomic E-state index is 12.4. The third-order valence-electron chi connectivity index (χ3n) is 4.09. The first kappa shape index (κ1) is 21.0. The molecular formula is C21H21ClN4O2S. The lowest BCUT2D eigenvalue weighted by atomic mass is 10.2. The second kappa shape index (κ2) is 10.1. The van der Waals surface area contributed by atoms with Crippen molar-refractivity contribution in [2.75, 3.05) is 11.1 Å². The highest BCUT2D eigenvalue weighted by Gasteiger charge is 2.15. The Bertz CT molecular complexity index is 992. The Labute approximate surface area is 178 Å². The molecule has 0 aliphatic carbocycles. The van der Waals surface area contributed by atoms with E-state index in [4.69, 9.17) is 16.3 Å². The Morgan fingerprint density at radius 2 is 2.03 bits per heavy atom. The molecule has 29 heavy (non-hydrogen) atoms. The molecule has 1 heterocycles. The minimum absolute atomic E-state index is 0.143. The van der Waals surface area contributed by atoms with Gasteiger partial charge >= 0.3 is 0 Å². The quantitative estimate of drug-likeness (QED) is 0.394. The molecule has 0 fully saturated rings. The number of rotatable bonds is 9. The molecule has 3 aromatic rings. The zero-order valence-corrected chi connectivity index (χ0v) is 17.5. The summed E-state index contributed by atoms with van der Waals surface area (Å²) in [7, 11) is 0. The first-order chi connectivity index (χ1) is 14.1. The highest BCUT2D eigenvalue weighted by atomic mass is 35.5. The summed E-state index contributed by atoms with van der Waals surface area (Å²) < 4.78 is 7.65. The molecule has 0 aliphatic rings. The van der Waals surface area contributed by atoms with Gasteiger partial charge in [0, 0.05) is 17.3 Å². The first-order valence-electron chi connectivity index (χ1n) is 8.97. The second-order valence-electron chi connectivity index (χ2n) is 6.15. The van der Waals surface area contributed by atoms with Crippen LogP contribution in [0.1, 0.15) is 11.4 Å². The highest BCUT2D eigenvalue weighted by molar-refractivity contribution is 7.99. The van der Waals surface area contributed by atoms with E-state index >= 15 is 0 Å². The van der Waals surface area contributed by atoms with Gasteiger partial charge in [-0.3, -0.25) is 9.36 Å². The lowest BCUT2D eigenvalue weighted by Crippen LogP contribution is -2.15. The van der Waals surface area contributed by atoms with Gasteiger partial charge in [0.2, 0.25) is 5.91 Å². The van der Waals surface area contributed by atoms with Crippen LogP contribution in [0, 0.1) is 6.92 Å². The number of nitrogens with one attached hydrogen (secondary N) is 1. The van der Waals surface area contributed by atoms with Crippen molar-refractivity contribution < 1.29 is 9.53 Å². The number of benzene rings is 2. The fraction of sp³-hybridized carbons (Fsp3) is 0.190. The van der Waals surface area contributed by atoms with E-state index in [1.54, 1.807) is 18.2 Å². The van der Waals surface area contributed by atoms with E-state index < -0.39 is 0 Å². The predicted molar refractivity (Wildman–Crippen MR) is 117 cm³/mol. The summed E-state index contributed by atoms with van der Waals surface area (Å²) in [5.74, 6) is 1.48. The van der Waals surface area contributed by atoms with Crippen LogP contribution in [0.5, 0.6) is 5.75 Å². The van der Waals surface area contributed by atoms with Gasteiger partial charge in [-0.1, -0.05) is 53.7 Å². The number of aromatic nitrogens is 3. The number of thioether (sulfide) groups is 1. The van der Waals surface area contributed by atoms with Crippen molar-refractivity contribution in [3.05, 3.63) is 77.6 Å². The number of carbonyl (C=O) groups excluding carboxylic acids is 1. The van der Waals surface area contributed by atoms with Crippen molar-refractivity contribution in [1.29, 1.82) is 0 Å². The van der Waals surface area contributed by atoms with Crippen LogP contribution in [0.25, 0.3) is 0 Å². The molecule has 3 rings (SSSR count). The van der Waals surface area contributed by atoms with Crippen molar-refractivity contribution in [1.82, 2.24) is 14.8 Å². The summed E-state index contributed by atoms with van der Waals surface area (Å²) in [5, 5.41) is 12.5. The van der Waals surface area contributed by atoms with Crippen LogP contribution in [0.3, 0.4) is 0 Å². The minimum Gasteiger partial charge on any atom is -0.486 e. The summed E-state index contributed by atoms with van der Waals surface area (Å²) in [6.45, 7) is 6.46. The van der Waals surface area contributed by atoms with Crippen LogP contribution in [0.15, 0.2) is 66.3 Å². The van der Waals surface area contributed by atoms with Gasteiger partial charge in [0.15, 0.2) is 11.0 Å². The van der Waals surface area contributed by atoms with Crippen LogP contribution < -0.4 is 10.1 Å². The fourth-order valence-electron chi connectivity index (χ4n) is 2.57. The Morgan fingerprint density at radius 3 is 2.79 bits per heavy atom. The molecule has 0 bridgehead atoms. The molecule has 0 atom stereocenters. The highest BCUT2D eigenvalue weighted by Crippen LogP contribution is 2.24. The van der Waals surface area contributed by atoms with Crippen LogP contribution in [-0.2, 0) is 17.9 Å². The molecule has 150 valence electrons. The molecule has 0 unspecified atom stereocenters. The minimum atomic E-state index is -0.143. The molecule has 0 aliphatic heterocycles. The Kier molecular flexibility index (Phi) is 7.32. The summed E-state index contributed by atoms with van der Waals surface area (Å²) in [6, 6.07) is 14.9. The van der Waals surface area contributed by atoms with E-state index in [0.29, 0.717) is 28.2 Å². The molecule has 0 radical (unpaired) electrons. The van der Waals surface area contributed by atoms with Crippen LogP contribution in [0.2, 0.25) is 5.02 Å². The third-order valence-corrected chi connectivity index (χ3v) is 5.47. The second-order valence-corrected chi connectivity index (χ2v) is 7.50. The molecule has 1 amide bonds. The monoisotopic (exact) mass is 428 g/mol. The average molecular weight is 429 g/mol. The van der Waals surface area contributed by atoms with Crippen LogP contribution in [0.4, 0.5) is 5.69 Å². The van der Waals surface area contributed by atoms with Crippen molar-refractivity contribution in [3.63, 3.8) is 0 Å². The summed E-state index contributed by atoms with van der Waals surface area (Å²) in [5.41, 5.74) is 1.54. The van der Waals surface area contributed by atoms with Crippen molar-refractivity contribution in [2.45, 2.75) is 25.2 Å². The summed E-state index contributed by atoms with van der Waals surface area (Å²) >= 11 is 7.41. The Hall–Kier alpha value is -2.77. The number of hydrogen-bond donors (Lipinski definition) is 1. The zero-order chi connectivity index (χ0) is 20.6. The van der Waals surface area contributed by atoms with Gasteiger partial charge in [0.05, 0.1) is 5.75 Å². The van der Waals surface area contributed by atoms with Gasteiger partial charge < -0.3 is 10.1 Å². The average Bonchev–Trinajstić information content (AvgIpc) is 3.11. The molecule has 1 N–H and O–H groups in total. The van der Waals surface area contributed by atoms with E-state index in [1.807, 2.05) is 47.9 Å². The lowest BCUT2D eigenvalue weighted by molar-refractivity contribution is -0.113. The number of hydrogen-bond acceptors (Lipinski definition) is 5. The first-order valence-corrected chi connectivity index (χ1v) is 10.3. The number of carbonyl (C=O) groups is 1. The third kappa shape index (κ3) is 5.62. The number of ether oxygens (including phenoxy) is 1. The zero-order valence-electron chi connectivity index (χ0n) is 16.0. The Balaban J connectivity index is 1.62. The van der Waals surface area contributed by atoms with E-state index in [1.165, 1.54) is 11.8 Å². The fourth-order valence-corrected chi connectivity index (χ4v) is 3.51. The number of amides is 1. The lowest BCUT2D eigenvalue weighted by Gasteiger charge is -2.10. The van der Waals surface area contributed by atoms with E-state index in [0.717, 1.165) is 11.3 Å². The smallest absolute Gasteiger partial charge is 0.234 e. The van der Waals surface area contributed by atoms with Crippen LogP contribution >= 0.6 is 23.4 Å². The number of anilines is 1. The molecule has 8 heteroatoms. The van der Waals surface area contributed by atoms with E-state index in [9.17, 15) is 4.79 Å². The molecule has 0 saturated carbocycles. The number of halogens is 1. The van der Waals surface area contributed by atoms with Crippen molar-refractivity contribution in [3.8, 4) is 5.75 Å². The van der Waals surface area contributed by atoms with E-state index in [-0.39, 0.29) is 18.3 Å². The molecule has 0 spiro atoms. The van der Waals surface area contributed by atoms with Gasteiger partial charge in [-0.2, -0.15) is 0 Å². The van der Waals surface area contributed by atoms with Gasteiger partial charge in [-0.15, -0.1) is 16.8 Å². The van der Waals surface area contributed by atoms with Gasteiger partial charge in [0.25, 0.3) is 0 Å². The maximum absolute atomic E-state index is 12.4.